The van der Waals surface area contributed by atoms with E-state index in [0.29, 0.717) is 0 Å². The Kier molecular flexibility index (Phi) is 15.1. The van der Waals surface area contributed by atoms with E-state index in [1.54, 1.807) is 27.0 Å². The maximum absolute atomic E-state index is 13.3. The Hall–Kier alpha value is -3.93. The zero-order valence-corrected chi connectivity index (χ0v) is 31.4. The molecule has 0 atom stereocenters. The van der Waals surface area contributed by atoms with Crippen LogP contribution >= 0.6 is 0 Å². The molecule has 12 heteroatoms. The lowest BCUT2D eigenvalue weighted by Crippen LogP contribution is -2.37. The minimum atomic E-state index is -1.51. The van der Waals surface area contributed by atoms with Crippen molar-refractivity contribution < 1.29 is 41.5 Å². The van der Waals surface area contributed by atoms with Crippen molar-refractivity contribution in [2.24, 2.45) is 0 Å². The molecule has 0 N–H and O–H groups in total. The Morgan fingerprint density at radius 2 is 1.10 bits per heavy atom. The SMILES string of the molecule is CC(C)(C)ON1C(=O)CCC1=O.CC(C)(C)n1ccnc1.Cc1c(F)c(F)c(OC(C)(C)C)c(F)c1F.Cc1ccc(OC(C)(C)C)cc1. The van der Waals surface area contributed by atoms with Crippen LogP contribution in [-0.4, -0.2) is 43.2 Å². The summed E-state index contributed by atoms with van der Waals surface area (Å²) < 4.78 is 65.5. The number of aryl methyl sites for hydroxylation is 1. The number of hydrogen-bond donors (Lipinski definition) is 0. The third-order valence-corrected chi connectivity index (χ3v) is 5.95. The van der Waals surface area contributed by atoms with Crippen molar-refractivity contribution in [2.45, 2.75) is 132 Å². The minimum absolute atomic E-state index is 0.102. The summed E-state index contributed by atoms with van der Waals surface area (Å²) in [4.78, 5) is 31.2. The van der Waals surface area contributed by atoms with Gasteiger partial charge in [-0.05, 0) is 109 Å². The predicted molar refractivity (Wildman–Crippen MR) is 182 cm³/mol. The molecule has 0 spiro atoms. The molecule has 0 saturated carbocycles. The molecule has 1 fully saturated rings. The molecule has 1 aromatic heterocycles. The summed E-state index contributed by atoms with van der Waals surface area (Å²) >= 11 is 0. The summed E-state index contributed by atoms with van der Waals surface area (Å²) in [6.45, 7) is 25.6. The first-order valence-corrected chi connectivity index (χ1v) is 15.9. The molecule has 0 radical (unpaired) electrons. The van der Waals surface area contributed by atoms with Gasteiger partial charge in [-0.25, -0.2) is 13.8 Å². The van der Waals surface area contributed by atoms with E-state index < -0.39 is 45.8 Å². The number of nitrogens with zero attached hydrogens (tertiary/aromatic N) is 3. The number of hydrogen-bond acceptors (Lipinski definition) is 6. The molecule has 1 aliphatic rings. The maximum atomic E-state index is 13.3. The molecular formula is C37H53F4N3O5. The summed E-state index contributed by atoms with van der Waals surface area (Å²) in [5.74, 6) is -6.44. The number of carbonyl (C=O) groups excluding carboxylic acids is 2. The molecule has 3 aromatic rings. The first-order valence-electron chi connectivity index (χ1n) is 15.9. The Morgan fingerprint density at radius 1 is 0.653 bits per heavy atom. The van der Waals surface area contributed by atoms with Crippen molar-refractivity contribution in [3.05, 3.63) is 77.4 Å². The van der Waals surface area contributed by atoms with Crippen molar-refractivity contribution in [3.8, 4) is 11.5 Å². The fourth-order valence-electron chi connectivity index (χ4n) is 3.66. The highest BCUT2D eigenvalue weighted by atomic mass is 19.2. The van der Waals surface area contributed by atoms with E-state index in [9.17, 15) is 27.2 Å². The summed E-state index contributed by atoms with van der Waals surface area (Å²) in [5.41, 5.74) is -0.801. The number of ether oxygens (including phenoxy) is 2. The van der Waals surface area contributed by atoms with Gasteiger partial charge >= 0.3 is 0 Å². The molecule has 2 heterocycles. The number of imidazole rings is 1. The van der Waals surface area contributed by atoms with Crippen LogP contribution in [0.4, 0.5) is 17.6 Å². The predicted octanol–water partition coefficient (Wildman–Crippen LogP) is 9.40. The smallest absolute Gasteiger partial charge is 0.254 e. The molecule has 274 valence electrons. The van der Waals surface area contributed by atoms with Gasteiger partial charge in [0.25, 0.3) is 11.8 Å². The second-order valence-electron chi connectivity index (χ2n) is 15.4. The minimum Gasteiger partial charge on any atom is -0.488 e. The average molecular weight is 696 g/mol. The lowest BCUT2D eigenvalue weighted by Gasteiger charge is -2.24. The van der Waals surface area contributed by atoms with Crippen molar-refractivity contribution in [1.82, 2.24) is 14.6 Å². The summed E-state index contributed by atoms with van der Waals surface area (Å²) in [7, 11) is 0. The number of aromatic nitrogens is 2. The van der Waals surface area contributed by atoms with Gasteiger partial charge in [-0.3, -0.25) is 14.4 Å². The van der Waals surface area contributed by atoms with Crippen LogP contribution in [0.15, 0.2) is 43.0 Å². The zero-order valence-electron chi connectivity index (χ0n) is 31.4. The van der Waals surface area contributed by atoms with E-state index in [0.717, 1.165) is 17.7 Å². The van der Waals surface area contributed by atoms with E-state index in [1.807, 2.05) is 45.4 Å². The lowest BCUT2D eigenvalue weighted by atomic mass is 10.1. The molecular weight excluding hydrogens is 642 g/mol. The fourth-order valence-corrected chi connectivity index (χ4v) is 3.66. The number of rotatable bonds is 3. The third kappa shape index (κ3) is 15.4. The lowest BCUT2D eigenvalue weighted by molar-refractivity contribution is -0.218. The second-order valence-corrected chi connectivity index (χ2v) is 15.4. The Morgan fingerprint density at radius 3 is 1.43 bits per heavy atom. The molecule has 0 aliphatic carbocycles. The Labute approximate surface area is 288 Å². The molecule has 0 unspecified atom stereocenters. The van der Waals surface area contributed by atoms with Gasteiger partial charge in [0.2, 0.25) is 11.6 Å². The third-order valence-electron chi connectivity index (χ3n) is 5.95. The number of imide groups is 1. The first-order chi connectivity index (χ1) is 22.1. The standard InChI is InChI=1S/C11H12F4O.C11H16O.C8H13NO3.C7H12N2/c1-5-6(12)8(14)10(9(15)7(5)13)16-11(2,3)4;1-9-5-7-10(8-6-9)12-11(2,3)4;1-8(2,3)12-9-6(10)4-5-7(9)11;1-7(2,3)9-5-4-8-6-9/h1-4H3;5-8H,1-4H3;4-5H2,1-3H3;4-6H,1-3H3. The van der Waals surface area contributed by atoms with Gasteiger partial charge in [0.15, 0.2) is 17.4 Å². The molecule has 1 saturated heterocycles. The molecule has 0 bridgehead atoms. The fraction of sp³-hybridized carbons (Fsp3) is 0.541. The highest BCUT2D eigenvalue weighted by Crippen LogP contribution is 2.32. The van der Waals surface area contributed by atoms with Crippen LogP contribution in [0.25, 0.3) is 0 Å². The van der Waals surface area contributed by atoms with Crippen LogP contribution in [0.1, 0.15) is 107 Å². The second kappa shape index (κ2) is 17.1. The van der Waals surface area contributed by atoms with Crippen LogP contribution in [0, 0.1) is 37.1 Å². The molecule has 2 amide bonds. The average Bonchev–Trinajstić information content (AvgIpc) is 3.61. The molecule has 2 aromatic carbocycles. The Bertz CT molecular complexity index is 1470. The quantitative estimate of drug-likeness (QED) is 0.154. The highest BCUT2D eigenvalue weighted by Gasteiger charge is 2.33. The number of hydroxylamine groups is 2. The van der Waals surface area contributed by atoms with Crippen LogP contribution in [0.3, 0.4) is 0 Å². The largest absolute Gasteiger partial charge is 0.488 e. The van der Waals surface area contributed by atoms with Gasteiger partial charge in [-0.1, -0.05) is 17.7 Å². The van der Waals surface area contributed by atoms with Gasteiger partial charge in [0, 0.05) is 36.3 Å². The van der Waals surface area contributed by atoms with Gasteiger partial charge < -0.3 is 14.0 Å². The topological polar surface area (TPSA) is 82.9 Å². The molecule has 49 heavy (non-hydrogen) atoms. The van der Waals surface area contributed by atoms with Crippen LogP contribution in [-0.2, 0) is 20.0 Å². The van der Waals surface area contributed by atoms with Gasteiger partial charge in [-0.15, -0.1) is 0 Å². The first kappa shape index (κ1) is 43.1. The van der Waals surface area contributed by atoms with Gasteiger partial charge in [0.05, 0.1) is 11.9 Å². The monoisotopic (exact) mass is 695 g/mol. The van der Waals surface area contributed by atoms with E-state index >= 15 is 0 Å². The highest BCUT2D eigenvalue weighted by molar-refractivity contribution is 6.00. The maximum Gasteiger partial charge on any atom is 0.254 e. The van der Waals surface area contributed by atoms with Gasteiger partial charge in [-0.2, -0.15) is 13.8 Å². The van der Waals surface area contributed by atoms with E-state index in [1.165, 1.54) is 26.3 Å². The van der Waals surface area contributed by atoms with E-state index in [2.05, 4.69) is 49.4 Å². The number of benzene rings is 2. The number of amides is 2. The van der Waals surface area contributed by atoms with Crippen LogP contribution in [0.5, 0.6) is 11.5 Å². The van der Waals surface area contributed by atoms with Crippen molar-refractivity contribution in [2.75, 3.05) is 0 Å². The molecule has 1 aliphatic heterocycles. The van der Waals surface area contributed by atoms with E-state index in [-0.39, 0.29) is 35.8 Å². The molecule has 4 rings (SSSR count). The summed E-state index contributed by atoms with van der Waals surface area (Å²) in [6.07, 6.45) is 6.15. The van der Waals surface area contributed by atoms with Crippen molar-refractivity contribution >= 4 is 11.8 Å². The van der Waals surface area contributed by atoms with Gasteiger partial charge in [0.1, 0.15) is 17.0 Å². The van der Waals surface area contributed by atoms with Crippen LogP contribution < -0.4 is 9.47 Å². The number of carbonyl (C=O) groups is 2. The van der Waals surface area contributed by atoms with E-state index in [4.69, 9.17) is 14.3 Å². The number of halogens is 4. The van der Waals surface area contributed by atoms with Crippen LogP contribution in [0.2, 0.25) is 0 Å². The summed E-state index contributed by atoms with van der Waals surface area (Å²) in [5, 5.41) is 0.875. The van der Waals surface area contributed by atoms with Crippen molar-refractivity contribution in [3.63, 3.8) is 0 Å². The van der Waals surface area contributed by atoms with Crippen molar-refractivity contribution in [1.29, 1.82) is 0 Å². The Balaban J connectivity index is 0.000000333. The normalized spacial score (nSPS) is 13.5. The molecule has 8 nitrogen and oxygen atoms in total. The summed E-state index contributed by atoms with van der Waals surface area (Å²) in [6, 6.07) is 8.11. The zero-order chi connectivity index (χ0) is 38.1.